The van der Waals surface area contributed by atoms with Crippen LogP contribution in [0.3, 0.4) is 0 Å². The molecule has 0 unspecified atom stereocenters. The third kappa shape index (κ3) is 4.43. The van der Waals surface area contributed by atoms with Crippen LogP contribution in [-0.2, 0) is 0 Å². The van der Waals surface area contributed by atoms with Crippen LogP contribution in [0.15, 0.2) is 0 Å². The molecule has 2 heteroatoms. The Morgan fingerprint density at radius 2 is 1.64 bits per heavy atom. The highest BCUT2D eigenvalue weighted by atomic mass is 15.1. The molecule has 14 heavy (non-hydrogen) atoms. The molecule has 0 N–H and O–H groups in total. The quantitative estimate of drug-likeness (QED) is 0.645. The molecule has 0 saturated carbocycles. The molecule has 0 spiro atoms. The van der Waals surface area contributed by atoms with E-state index in [4.69, 9.17) is 0 Å². The lowest BCUT2D eigenvalue weighted by atomic mass is 10.1. The zero-order chi connectivity index (χ0) is 10.2. The molecule has 0 aromatic carbocycles. The number of hydrogen-bond acceptors (Lipinski definition) is 2. The molecule has 84 valence electrons. The molecule has 1 aliphatic heterocycles. The van der Waals surface area contributed by atoms with Crippen LogP contribution in [0.5, 0.6) is 0 Å². The number of rotatable bonds is 6. The van der Waals surface area contributed by atoms with E-state index in [1.165, 1.54) is 65.0 Å². The highest BCUT2D eigenvalue weighted by Crippen LogP contribution is 2.08. The van der Waals surface area contributed by atoms with Crippen LogP contribution in [0, 0.1) is 0 Å². The summed E-state index contributed by atoms with van der Waals surface area (Å²) < 4.78 is 0. The summed E-state index contributed by atoms with van der Waals surface area (Å²) in [5.74, 6) is 0. The molecule has 0 amide bonds. The first-order valence-corrected chi connectivity index (χ1v) is 6.31. The smallest absolute Gasteiger partial charge is 0.000655 e. The predicted molar refractivity (Wildman–Crippen MR) is 62.7 cm³/mol. The summed E-state index contributed by atoms with van der Waals surface area (Å²) in [6.07, 6.45) is 5.64. The Hall–Kier alpha value is -0.0800. The molecule has 1 saturated heterocycles. The molecule has 1 heterocycles. The normalized spacial score (nSPS) is 19.1. The third-order valence-corrected chi connectivity index (χ3v) is 3.29. The molecule has 0 bridgehead atoms. The highest BCUT2D eigenvalue weighted by molar-refractivity contribution is 4.65. The topological polar surface area (TPSA) is 6.48 Å². The molecule has 0 radical (unpaired) electrons. The van der Waals surface area contributed by atoms with Gasteiger partial charge >= 0.3 is 0 Å². The average Bonchev–Trinajstić information content (AvgIpc) is 2.26. The second kappa shape index (κ2) is 7.24. The fourth-order valence-corrected chi connectivity index (χ4v) is 2.24. The summed E-state index contributed by atoms with van der Waals surface area (Å²) in [5.41, 5.74) is 0. The Balaban J connectivity index is 2.01. The molecular weight excluding hydrogens is 172 g/mol. The van der Waals surface area contributed by atoms with Crippen LogP contribution in [0.2, 0.25) is 0 Å². The van der Waals surface area contributed by atoms with Gasteiger partial charge in [0.2, 0.25) is 0 Å². The second-order valence-corrected chi connectivity index (χ2v) is 4.28. The van der Waals surface area contributed by atoms with Gasteiger partial charge < -0.3 is 9.80 Å². The fourth-order valence-electron chi connectivity index (χ4n) is 2.24. The van der Waals surface area contributed by atoms with Crippen LogP contribution in [0.4, 0.5) is 0 Å². The van der Waals surface area contributed by atoms with E-state index in [0.717, 1.165) is 0 Å². The zero-order valence-electron chi connectivity index (χ0n) is 9.97. The summed E-state index contributed by atoms with van der Waals surface area (Å²) in [6, 6.07) is 0. The number of hydrogen-bond donors (Lipinski definition) is 0. The molecule has 2 nitrogen and oxygen atoms in total. The van der Waals surface area contributed by atoms with E-state index >= 15 is 0 Å². The Morgan fingerprint density at radius 3 is 2.21 bits per heavy atom. The Kier molecular flexibility index (Phi) is 6.20. The number of likely N-dealkylation sites (tertiary alicyclic amines) is 1. The van der Waals surface area contributed by atoms with Crippen molar-refractivity contribution in [1.29, 1.82) is 0 Å². The fraction of sp³-hybridized carbons (Fsp3) is 1.00. The van der Waals surface area contributed by atoms with Crippen molar-refractivity contribution in [3.8, 4) is 0 Å². The van der Waals surface area contributed by atoms with Gasteiger partial charge in [-0.3, -0.25) is 0 Å². The van der Waals surface area contributed by atoms with Crippen molar-refractivity contribution in [2.24, 2.45) is 0 Å². The van der Waals surface area contributed by atoms with Gasteiger partial charge in [0.05, 0.1) is 0 Å². The minimum absolute atomic E-state index is 1.20. The van der Waals surface area contributed by atoms with Crippen molar-refractivity contribution in [3.63, 3.8) is 0 Å². The molecule has 1 aliphatic rings. The first-order valence-electron chi connectivity index (χ1n) is 6.31. The van der Waals surface area contributed by atoms with Gasteiger partial charge in [-0.25, -0.2) is 0 Å². The van der Waals surface area contributed by atoms with E-state index in [9.17, 15) is 0 Å². The third-order valence-electron chi connectivity index (χ3n) is 3.29. The van der Waals surface area contributed by atoms with E-state index in [0.29, 0.717) is 0 Å². The van der Waals surface area contributed by atoms with E-state index in [-0.39, 0.29) is 0 Å². The van der Waals surface area contributed by atoms with Crippen LogP contribution in [0.1, 0.15) is 39.5 Å². The first-order chi connectivity index (χ1) is 6.86. The van der Waals surface area contributed by atoms with Crippen molar-refractivity contribution in [1.82, 2.24) is 9.80 Å². The van der Waals surface area contributed by atoms with E-state index < -0.39 is 0 Å². The summed E-state index contributed by atoms with van der Waals surface area (Å²) in [6.45, 7) is 12.2. The largest absolute Gasteiger partial charge is 0.304 e. The van der Waals surface area contributed by atoms with Gasteiger partial charge in [-0.15, -0.1) is 0 Å². The van der Waals surface area contributed by atoms with Crippen molar-refractivity contribution >= 4 is 0 Å². The maximum Gasteiger partial charge on any atom is -0.000655 e. The van der Waals surface area contributed by atoms with Crippen molar-refractivity contribution in [3.05, 3.63) is 0 Å². The minimum atomic E-state index is 1.20. The Labute approximate surface area is 89.3 Å². The molecular formula is C12H26N2. The van der Waals surface area contributed by atoms with Crippen molar-refractivity contribution in [2.75, 3.05) is 39.3 Å². The van der Waals surface area contributed by atoms with Gasteiger partial charge in [-0.2, -0.15) is 0 Å². The van der Waals surface area contributed by atoms with Gasteiger partial charge in [0, 0.05) is 0 Å². The maximum absolute atomic E-state index is 2.63. The van der Waals surface area contributed by atoms with Crippen molar-refractivity contribution < 1.29 is 0 Å². The standard InChI is InChI=1S/C12H26N2/c1-3-13(4-2)11-8-12-14-9-6-5-7-10-14/h3-12H2,1-2H3. The van der Waals surface area contributed by atoms with E-state index in [2.05, 4.69) is 23.6 Å². The molecule has 0 aromatic heterocycles. The summed E-state index contributed by atoms with van der Waals surface area (Å²) in [5, 5.41) is 0. The SMILES string of the molecule is CCN(CC)CCCN1CCCCC1. The van der Waals surface area contributed by atoms with Gasteiger partial charge in [0.1, 0.15) is 0 Å². The molecule has 0 atom stereocenters. The molecule has 0 aliphatic carbocycles. The van der Waals surface area contributed by atoms with Crippen molar-refractivity contribution in [2.45, 2.75) is 39.5 Å². The second-order valence-electron chi connectivity index (χ2n) is 4.28. The summed E-state index contributed by atoms with van der Waals surface area (Å²) in [4.78, 5) is 5.15. The predicted octanol–water partition coefficient (Wildman–Crippen LogP) is 2.20. The maximum atomic E-state index is 2.63. The lowest BCUT2D eigenvalue weighted by molar-refractivity contribution is 0.207. The van der Waals surface area contributed by atoms with Gasteiger partial charge in [0.15, 0.2) is 0 Å². The number of nitrogens with zero attached hydrogens (tertiary/aromatic N) is 2. The van der Waals surface area contributed by atoms with Crippen LogP contribution in [-0.4, -0.2) is 49.1 Å². The average molecular weight is 198 g/mol. The Bertz CT molecular complexity index is 126. The summed E-state index contributed by atoms with van der Waals surface area (Å²) >= 11 is 0. The Morgan fingerprint density at radius 1 is 1.00 bits per heavy atom. The summed E-state index contributed by atoms with van der Waals surface area (Å²) in [7, 11) is 0. The minimum Gasteiger partial charge on any atom is -0.304 e. The molecule has 1 fully saturated rings. The lowest BCUT2D eigenvalue weighted by Gasteiger charge is -2.27. The molecule has 0 aromatic rings. The van der Waals surface area contributed by atoms with Crippen LogP contribution < -0.4 is 0 Å². The van der Waals surface area contributed by atoms with Gasteiger partial charge in [0.25, 0.3) is 0 Å². The van der Waals surface area contributed by atoms with E-state index in [1.54, 1.807) is 0 Å². The van der Waals surface area contributed by atoms with E-state index in [1.807, 2.05) is 0 Å². The van der Waals surface area contributed by atoms with Crippen LogP contribution in [0.25, 0.3) is 0 Å². The highest BCUT2D eigenvalue weighted by Gasteiger charge is 2.09. The number of piperidine rings is 1. The van der Waals surface area contributed by atoms with Gasteiger partial charge in [-0.05, 0) is 58.5 Å². The lowest BCUT2D eigenvalue weighted by Crippen LogP contribution is -2.33. The van der Waals surface area contributed by atoms with Crippen LogP contribution >= 0.6 is 0 Å². The molecule has 1 rings (SSSR count). The first kappa shape index (κ1) is 12.0. The zero-order valence-corrected chi connectivity index (χ0v) is 9.97. The van der Waals surface area contributed by atoms with Gasteiger partial charge in [-0.1, -0.05) is 20.3 Å². The monoisotopic (exact) mass is 198 g/mol.